The molecule has 2 fully saturated rings. The molecule has 5 nitrogen and oxygen atoms in total. The molecule has 0 bridgehead atoms. The largest absolute Gasteiger partial charge is 0.337 e. The van der Waals surface area contributed by atoms with Crippen molar-refractivity contribution in [3.63, 3.8) is 0 Å². The summed E-state index contributed by atoms with van der Waals surface area (Å²) in [5.41, 5.74) is 0. The molecule has 0 aromatic rings. The summed E-state index contributed by atoms with van der Waals surface area (Å²) < 4.78 is 22.0. The summed E-state index contributed by atoms with van der Waals surface area (Å²) in [6.45, 7) is 1.03. The highest BCUT2D eigenvalue weighted by Crippen LogP contribution is 2.36. The zero-order valence-corrected chi connectivity index (χ0v) is 11.7. The number of rotatable bonds is 3. The van der Waals surface area contributed by atoms with Crippen molar-refractivity contribution in [3.8, 4) is 0 Å². The molecule has 2 amide bonds. The van der Waals surface area contributed by atoms with E-state index in [0.29, 0.717) is 12.0 Å². The van der Waals surface area contributed by atoms with Crippen LogP contribution in [0.15, 0.2) is 0 Å². The van der Waals surface area contributed by atoms with Gasteiger partial charge < -0.3 is 10.2 Å². The van der Waals surface area contributed by atoms with Crippen LogP contribution in [0.2, 0.25) is 0 Å². The van der Waals surface area contributed by atoms with E-state index in [4.69, 9.17) is 0 Å². The van der Waals surface area contributed by atoms with Gasteiger partial charge in [-0.2, -0.15) is 0 Å². The summed E-state index contributed by atoms with van der Waals surface area (Å²) >= 11 is 0. The molecular formula is C12H22N2O3S. The first kappa shape index (κ1) is 13.6. The number of urea groups is 1. The molecule has 2 atom stereocenters. The van der Waals surface area contributed by atoms with Gasteiger partial charge in [0.1, 0.15) is 9.84 Å². The van der Waals surface area contributed by atoms with Crippen LogP contribution in [0, 0.1) is 5.92 Å². The Kier molecular flexibility index (Phi) is 4.14. The standard InChI is InChI=1S/C12H22N2O3S/c1-18(16,17)9-7-13-12(15)14-8-3-5-10-4-2-6-11(10)14/h10-11H,2-9H2,1H3,(H,13,15). The Morgan fingerprint density at radius 1 is 1.28 bits per heavy atom. The van der Waals surface area contributed by atoms with Crippen molar-refractivity contribution >= 4 is 15.9 Å². The highest BCUT2D eigenvalue weighted by molar-refractivity contribution is 7.90. The number of sulfone groups is 1. The Morgan fingerprint density at radius 3 is 2.72 bits per heavy atom. The molecule has 2 aliphatic rings. The molecule has 0 aromatic carbocycles. The summed E-state index contributed by atoms with van der Waals surface area (Å²) in [6.07, 6.45) is 7.04. The SMILES string of the molecule is CS(=O)(=O)CCNC(=O)N1CCCC2CCCC21. The lowest BCUT2D eigenvalue weighted by molar-refractivity contribution is 0.129. The van der Waals surface area contributed by atoms with Gasteiger partial charge in [-0.1, -0.05) is 6.42 Å². The van der Waals surface area contributed by atoms with Gasteiger partial charge >= 0.3 is 6.03 Å². The van der Waals surface area contributed by atoms with E-state index in [-0.39, 0.29) is 18.3 Å². The Hall–Kier alpha value is -0.780. The maximum Gasteiger partial charge on any atom is 0.317 e. The number of hydrogen-bond donors (Lipinski definition) is 1. The molecule has 0 aromatic heterocycles. The quantitative estimate of drug-likeness (QED) is 0.835. The predicted molar refractivity (Wildman–Crippen MR) is 70.2 cm³/mol. The summed E-state index contributed by atoms with van der Waals surface area (Å²) in [6, 6.07) is 0.298. The molecular weight excluding hydrogens is 252 g/mol. The van der Waals surface area contributed by atoms with E-state index in [0.717, 1.165) is 19.4 Å². The molecule has 1 N–H and O–H groups in total. The van der Waals surface area contributed by atoms with Crippen LogP contribution in [0.5, 0.6) is 0 Å². The second kappa shape index (κ2) is 5.47. The van der Waals surface area contributed by atoms with Crippen LogP contribution < -0.4 is 5.32 Å². The van der Waals surface area contributed by atoms with Gasteiger partial charge in [0.2, 0.25) is 0 Å². The van der Waals surface area contributed by atoms with Gasteiger partial charge in [-0.25, -0.2) is 13.2 Å². The van der Waals surface area contributed by atoms with Crippen LogP contribution in [0.4, 0.5) is 4.79 Å². The first-order chi connectivity index (χ1) is 8.47. The Bertz CT molecular complexity index is 408. The summed E-state index contributed by atoms with van der Waals surface area (Å²) in [4.78, 5) is 14.0. The third-order valence-electron chi connectivity index (χ3n) is 4.00. The first-order valence-corrected chi connectivity index (χ1v) is 8.75. The Labute approximate surface area is 109 Å². The van der Waals surface area contributed by atoms with Crippen LogP contribution in [0.1, 0.15) is 32.1 Å². The van der Waals surface area contributed by atoms with Crippen LogP contribution in [-0.2, 0) is 9.84 Å². The van der Waals surface area contributed by atoms with E-state index < -0.39 is 9.84 Å². The van der Waals surface area contributed by atoms with Gasteiger partial charge in [-0.05, 0) is 31.6 Å². The fourth-order valence-corrected chi connectivity index (χ4v) is 3.62. The highest BCUT2D eigenvalue weighted by atomic mass is 32.2. The van der Waals surface area contributed by atoms with Crippen molar-refractivity contribution in [3.05, 3.63) is 0 Å². The lowest BCUT2D eigenvalue weighted by Gasteiger charge is -2.37. The minimum atomic E-state index is -3.00. The van der Waals surface area contributed by atoms with Crippen LogP contribution >= 0.6 is 0 Å². The van der Waals surface area contributed by atoms with Crippen molar-refractivity contribution in [1.29, 1.82) is 0 Å². The molecule has 1 aliphatic heterocycles. The molecule has 0 spiro atoms. The second-order valence-electron chi connectivity index (χ2n) is 5.46. The van der Waals surface area contributed by atoms with Crippen LogP contribution in [-0.4, -0.2) is 50.5 Å². The van der Waals surface area contributed by atoms with E-state index >= 15 is 0 Å². The van der Waals surface area contributed by atoms with Crippen LogP contribution in [0.3, 0.4) is 0 Å². The van der Waals surface area contributed by atoms with Crippen molar-refractivity contribution in [2.24, 2.45) is 5.92 Å². The zero-order valence-electron chi connectivity index (χ0n) is 10.9. The summed E-state index contributed by atoms with van der Waals surface area (Å²) in [5, 5.41) is 2.73. The Balaban J connectivity index is 1.84. The molecule has 1 heterocycles. The molecule has 0 radical (unpaired) electrons. The smallest absolute Gasteiger partial charge is 0.317 e. The van der Waals surface area contributed by atoms with Gasteiger partial charge in [-0.3, -0.25) is 0 Å². The molecule has 1 aliphatic carbocycles. The molecule has 1 saturated heterocycles. The lowest BCUT2D eigenvalue weighted by Crippen LogP contribution is -2.51. The second-order valence-corrected chi connectivity index (χ2v) is 7.72. The first-order valence-electron chi connectivity index (χ1n) is 6.69. The zero-order chi connectivity index (χ0) is 13.2. The van der Waals surface area contributed by atoms with Gasteiger partial charge in [0.15, 0.2) is 0 Å². The molecule has 1 saturated carbocycles. The summed E-state index contributed by atoms with van der Waals surface area (Å²) in [7, 11) is -3.00. The van der Waals surface area contributed by atoms with E-state index in [1.54, 1.807) is 0 Å². The molecule has 104 valence electrons. The Morgan fingerprint density at radius 2 is 2.00 bits per heavy atom. The maximum absolute atomic E-state index is 12.0. The number of nitrogens with one attached hydrogen (secondary N) is 1. The van der Waals surface area contributed by atoms with E-state index in [1.807, 2.05) is 4.90 Å². The van der Waals surface area contributed by atoms with Crippen molar-refractivity contribution in [2.75, 3.05) is 25.1 Å². The number of amides is 2. The monoisotopic (exact) mass is 274 g/mol. The maximum atomic E-state index is 12.0. The van der Waals surface area contributed by atoms with Crippen molar-refractivity contribution < 1.29 is 13.2 Å². The number of hydrogen-bond acceptors (Lipinski definition) is 3. The number of carbonyl (C=O) groups is 1. The fourth-order valence-electron chi connectivity index (χ4n) is 3.15. The van der Waals surface area contributed by atoms with Gasteiger partial charge in [0, 0.05) is 25.4 Å². The summed E-state index contributed by atoms with van der Waals surface area (Å²) in [5.74, 6) is 0.681. The number of fused-ring (bicyclic) bond motifs is 1. The number of piperidine rings is 1. The average Bonchev–Trinajstić information content (AvgIpc) is 2.74. The molecule has 2 rings (SSSR count). The number of carbonyl (C=O) groups excluding carboxylic acids is 1. The average molecular weight is 274 g/mol. The number of nitrogens with zero attached hydrogens (tertiary/aromatic N) is 1. The number of likely N-dealkylation sites (tertiary alicyclic amines) is 1. The van der Waals surface area contributed by atoms with Crippen molar-refractivity contribution in [1.82, 2.24) is 10.2 Å². The molecule has 6 heteroatoms. The molecule has 18 heavy (non-hydrogen) atoms. The highest BCUT2D eigenvalue weighted by Gasteiger charge is 2.37. The van der Waals surface area contributed by atoms with E-state index in [1.165, 1.54) is 25.5 Å². The minimum absolute atomic E-state index is 0.0146. The third-order valence-corrected chi connectivity index (χ3v) is 4.95. The third kappa shape index (κ3) is 3.37. The predicted octanol–water partition coefficient (Wildman–Crippen LogP) is 1.01. The van der Waals surface area contributed by atoms with Crippen molar-refractivity contribution in [2.45, 2.75) is 38.1 Å². The topological polar surface area (TPSA) is 66.5 Å². The van der Waals surface area contributed by atoms with Gasteiger partial charge in [0.25, 0.3) is 0 Å². The lowest BCUT2D eigenvalue weighted by atomic mass is 9.92. The minimum Gasteiger partial charge on any atom is -0.337 e. The fraction of sp³-hybridized carbons (Fsp3) is 0.917. The normalized spacial score (nSPS) is 27.9. The van der Waals surface area contributed by atoms with Crippen LogP contribution in [0.25, 0.3) is 0 Å². The van der Waals surface area contributed by atoms with Gasteiger partial charge in [-0.15, -0.1) is 0 Å². The molecule has 2 unspecified atom stereocenters. The van der Waals surface area contributed by atoms with E-state index in [9.17, 15) is 13.2 Å². The van der Waals surface area contributed by atoms with Gasteiger partial charge in [0.05, 0.1) is 5.75 Å². The van der Waals surface area contributed by atoms with E-state index in [2.05, 4.69) is 5.32 Å².